The second-order valence-corrected chi connectivity index (χ2v) is 20.4. The van der Waals surface area contributed by atoms with Crippen LogP contribution in [0.25, 0.3) is 0 Å². The summed E-state index contributed by atoms with van der Waals surface area (Å²) in [6.07, 6.45) is 10.9. The van der Waals surface area contributed by atoms with Crippen LogP contribution in [0.1, 0.15) is 116 Å². The number of hydrogen-bond donors (Lipinski definition) is 5. The lowest BCUT2D eigenvalue weighted by atomic mass is 9.46. The molecule has 0 aromatic heterocycles. The van der Waals surface area contributed by atoms with Gasteiger partial charge in [0.15, 0.2) is 23.5 Å². The van der Waals surface area contributed by atoms with E-state index in [9.17, 15) is 29.4 Å². The largest absolute Gasteiger partial charge is 0.393 e. The molecule has 10 atom stereocenters. The summed E-state index contributed by atoms with van der Waals surface area (Å²) in [7, 11) is 0. The van der Waals surface area contributed by atoms with Gasteiger partial charge >= 0.3 is 0 Å². The van der Waals surface area contributed by atoms with Crippen LogP contribution in [0, 0.1) is 34.0 Å². The van der Waals surface area contributed by atoms with Crippen molar-refractivity contribution in [1.29, 1.82) is 0 Å². The highest BCUT2D eigenvalue weighted by Gasteiger charge is 2.76. The predicted octanol–water partition coefficient (Wildman–Crippen LogP) is 4.30. The van der Waals surface area contributed by atoms with E-state index in [1.54, 1.807) is 12.2 Å². The average molecular weight is 802 g/mol. The molecule has 3 aliphatic heterocycles. The number of Topliss-reactive ketones (excluding diaryl/α,β-unsaturated/α-hetero) is 1. The average Bonchev–Trinajstić information content (AvgIpc) is 3.69. The molecule has 316 valence electrons. The molecule has 12 nitrogen and oxygen atoms in total. The Hall–Kier alpha value is -3.26. The van der Waals surface area contributed by atoms with E-state index in [4.69, 9.17) is 19.9 Å². The first-order valence-electron chi connectivity index (χ1n) is 21.5. The fraction of sp³-hybridized carbons (Fsp3) is 0.696. The van der Waals surface area contributed by atoms with Crippen molar-refractivity contribution >= 4 is 23.4 Å². The SMILES string of the molecule is CC(C)(C)CC[C@H](NC(=O)CN)C(=O)NC12CCC(Cc3ccc(C4O[C@@H]5C[C@H]6[C@@H]7CCC8=CC(=O)C=C[C@]8(C)[C@H]7[C@@H](O)C[C@]6(C)[C@]5(C(=O)CO)O4)cc3)(CC1)OC2. The molecule has 2 amide bonds. The number of nitrogens with two attached hydrogens (primary N) is 1. The standard InChI is InChI=1S/C46H63N3O9/c1-41(2,3)14-13-33(48-37(54)24-47)39(55)49-44-16-18-45(19-17-44,56-26-44)22-27-6-8-28(9-7-27)40-57-36-21-32-31-11-10-29-20-30(51)12-15-42(29,4)38(31)34(52)23-43(32,5)46(36,58-40)35(53)25-50/h6-9,12,15,20,31-34,36,38,40,50,52H,10-11,13-14,16-19,21-26,47H2,1-5H3,(H,48,54)(H,49,55)/t31-,32-,33-,34-,36+,38+,40?,42-,43-,44?,45?,46+/m0/s1. The van der Waals surface area contributed by atoms with Crippen molar-refractivity contribution in [2.45, 2.75) is 147 Å². The molecule has 0 radical (unpaired) electrons. The number of carbonyl (C=O) groups is 4. The summed E-state index contributed by atoms with van der Waals surface area (Å²) < 4.78 is 20.1. The lowest BCUT2D eigenvalue weighted by Crippen LogP contribution is -2.65. The van der Waals surface area contributed by atoms with Gasteiger partial charge in [-0.25, -0.2) is 0 Å². The van der Waals surface area contributed by atoms with Crippen LogP contribution in [0.4, 0.5) is 0 Å². The number of allylic oxidation sites excluding steroid dienone is 4. The number of rotatable bonds is 11. The zero-order valence-electron chi connectivity index (χ0n) is 34.8. The van der Waals surface area contributed by atoms with Crippen LogP contribution in [0.15, 0.2) is 48.1 Å². The molecule has 58 heavy (non-hydrogen) atoms. The lowest BCUT2D eigenvalue weighted by molar-refractivity contribution is -0.201. The first-order chi connectivity index (χ1) is 27.4. The summed E-state index contributed by atoms with van der Waals surface area (Å²) in [5, 5.41) is 28.4. The van der Waals surface area contributed by atoms with E-state index >= 15 is 0 Å². The van der Waals surface area contributed by atoms with Gasteiger partial charge in [0.1, 0.15) is 12.6 Å². The molecule has 7 fully saturated rings. The van der Waals surface area contributed by atoms with Crippen molar-refractivity contribution in [2.75, 3.05) is 19.8 Å². The van der Waals surface area contributed by atoms with E-state index in [1.807, 2.05) is 25.1 Å². The fourth-order valence-corrected chi connectivity index (χ4v) is 12.6. The van der Waals surface area contributed by atoms with Gasteiger partial charge in [-0.1, -0.05) is 70.5 Å². The molecule has 5 aliphatic carbocycles. The highest BCUT2D eigenvalue weighted by atomic mass is 16.7. The number of hydrogen-bond acceptors (Lipinski definition) is 10. The minimum atomic E-state index is -1.40. The van der Waals surface area contributed by atoms with Gasteiger partial charge in [-0.3, -0.25) is 19.2 Å². The van der Waals surface area contributed by atoms with Crippen molar-refractivity contribution in [2.24, 2.45) is 39.7 Å². The fourth-order valence-electron chi connectivity index (χ4n) is 12.6. The third kappa shape index (κ3) is 6.83. The lowest BCUT2D eigenvalue weighted by Gasteiger charge is -2.59. The predicted molar refractivity (Wildman–Crippen MR) is 215 cm³/mol. The normalized spacial score (nSPS) is 40.5. The molecule has 3 heterocycles. The Bertz CT molecular complexity index is 1860. The van der Waals surface area contributed by atoms with Gasteiger partial charge < -0.3 is 40.8 Å². The maximum Gasteiger partial charge on any atom is 0.243 e. The number of benzene rings is 1. The van der Waals surface area contributed by atoms with Gasteiger partial charge in [0.05, 0.1) is 36.5 Å². The Morgan fingerprint density at radius 1 is 1.07 bits per heavy atom. The third-order valence-electron chi connectivity index (χ3n) is 15.8. The molecular weight excluding hydrogens is 739 g/mol. The Kier molecular flexibility index (Phi) is 10.5. The molecule has 2 bridgehead atoms. The van der Waals surface area contributed by atoms with Crippen LogP contribution in [0.5, 0.6) is 0 Å². The second-order valence-electron chi connectivity index (χ2n) is 20.4. The number of nitrogens with one attached hydrogen (secondary N) is 2. The maximum atomic E-state index is 14.0. The maximum absolute atomic E-state index is 14.0. The van der Waals surface area contributed by atoms with Crippen molar-refractivity contribution < 1.29 is 43.6 Å². The first-order valence-corrected chi connectivity index (χ1v) is 21.5. The number of aliphatic hydroxyl groups is 2. The first kappa shape index (κ1) is 41.5. The van der Waals surface area contributed by atoms with Gasteiger partial charge in [-0.05, 0) is 99.2 Å². The number of carbonyl (C=O) groups excluding carboxylic acids is 4. The molecule has 1 aromatic rings. The van der Waals surface area contributed by atoms with Crippen molar-refractivity contribution in [3.05, 3.63) is 59.2 Å². The molecule has 12 heteroatoms. The van der Waals surface area contributed by atoms with Crippen LogP contribution < -0.4 is 16.4 Å². The molecule has 3 saturated heterocycles. The van der Waals surface area contributed by atoms with E-state index in [0.29, 0.717) is 32.3 Å². The monoisotopic (exact) mass is 801 g/mol. The molecule has 8 aliphatic rings. The zero-order valence-corrected chi connectivity index (χ0v) is 34.8. The minimum absolute atomic E-state index is 0.0107. The van der Waals surface area contributed by atoms with E-state index in [2.05, 4.69) is 50.5 Å². The summed E-state index contributed by atoms with van der Waals surface area (Å²) in [5.74, 6) is -0.934. The quantitative estimate of drug-likeness (QED) is 0.216. The highest BCUT2D eigenvalue weighted by molar-refractivity contribution is 6.01. The van der Waals surface area contributed by atoms with Crippen molar-refractivity contribution in [1.82, 2.24) is 10.6 Å². The van der Waals surface area contributed by atoms with Crippen LogP contribution in [0.2, 0.25) is 0 Å². The smallest absolute Gasteiger partial charge is 0.243 e. The molecule has 6 N–H and O–H groups in total. The van der Waals surface area contributed by atoms with Crippen molar-refractivity contribution in [3.8, 4) is 0 Å². The summed E-state index contributed by atoms with van der Waals surface area (Å²) in [4.78, 5) is 52.0. The van der Waals surface area contributed by atoms with E-state index < -0.39 is 58.9 Å². The van der Waals surface area contributed by atoms with Crippen molar-refractivity contribution in [3.63, 3.8) is 0 Å². The van der Waals surface area contributed by atoms with Crippen LogP contribution >= 0.6 is 0 Å². The topological polar surface area (TPSA) is 187 Å². The number of ketones is 2. The summed E-state index contributed by atoms with van der Waals surface area (Å²) in [5.41, 5.74) is 5.10. The van der Waals surface area contributed by atoms with E-state index in [1.165, 1.54) is 0 Å². The van der Waals surface area contributed by atoms with Gasteiger partial charge in [0.2, 0.25) is 11.8 Å². The van der Waals surface area contributed by atoms with E-state index in [-0.39, 0.29) is 52.9 Å². The van der Waals surface area contributed by atoms with Gasteiger partial charge in [0.25, 0.3) is 0 Å². The minimum Gasteiger partial charge on any atom is -0.393 e. The zero-order chi connectivity index (χ0) is 41.5. The molecule has 1 aromatic carbocycles. The molecule has 0 spiro atoms. The number of amides is 2. The highest BCUT2D eigenvalue weighted by Crippen LogP contribution is 2.70. The molecule has 9 rings (SSSR count). The van der Waals surface area contributed by atoms with Gasteiger partial charge in [0, 0.05) is 28.7 Å². The Morgan fingerprint density at radius 2 is 1.79 bits per heavy atom. The van der Waals surface area contributed by atoms with Crippen LogP contribution in [-0.4, -0.2) is 88.3 Å². The number of ether oxygens (including phenoxy) is 3. The summed E-state index contributed by atoms with van der Waals surface area (Å²) in [6.45, 7) is 10.1. The van der Waals surface area contributed by atoms with Gasteiger partial charge in [-0.15, -0.1) is 0 Å². The third-order valence-corrected chi connectivity index (χ3v) is 15.8. The molecule has 4 saturated carbocycles. The Morgan fingerprint density at radius 3 is 2.43 bits per heavy atom. The summed E-state index contributed by atoms with van der Waals surface area (Å²) in [6, 6.07) is 7.43. The molecule has 1 unspecified atom stereocenters. The van der Waals surface area contributed by atoms with E-state index in [0.717, 1.165) is 61.6 Å². The summed E-state index contributed by atoms with van der Waals surface area (Å²) >= 11 is 0. The van der Waals surface area contributed by atoms with Gasteiger partial charge in [-0.2, -0.15) is 0 Å². The molecular formula is C46H63N3O9. The Labute approximate surface area is 342 Å². The van der Waals surface area contributed by atoms with Crippen LogP contribution in [0.3, 0.4) is 0 Å². The second kappa shape index (κ2) is 14.7. The van der Waals surface area contributed by atoms with Crippen LogP contribution in [-0.2, 0) is 39.8 Å². The number of fused-ring (bicyclic) bond motifs is 10. The Balaban J connectivity index is 0.927. The number of aliphatic hydroxyl groups excluding tert-OH is 2.